The summed E-state index contributed by atoms with van der Waals surface area (Å²) in [5.41, 5.74) is -0.0862. The topological polar surface area (TPSA) is 41.6 Å². The fourth-order valence-corrected chi connectivity index (χ4v) is 3.06. The van der Waals surface area contributed by atoms with Crippen molar-refractivity contribution in [3.05, 3.63) is 0 Å². The molecule has 1 saturated carbocycles. The minimum atomic E-state index is -0.0862. The van der Waals surface area contributed by atoms with Gasteiger partial charge >= 0.3 is 0 Å². The van der Waals surface area contributed by atoms with E-state index in [1.165, 1.54) is 12.8 Å². The van der Waals surface area contributed by atoms with Gasteiger partial charge in [-0.2, -0.15) is 0 Å². The summed E-state index contributed by atoms with van der Waals surface area (Å²) in [6.45, 7) is 5.92. The van der Waals surface area contributed by atoms with Gasteiger partial charge < -0.3 is 15.0 Å². The average molecular weight is 238 g/mol. The molecule has 96 valence electrons. The van der Waals surface area contributed by atoms with Crippen LogP contribution in [0.5, 0.6) is 0 Å². The molecule has 1 N–H and O–H groups in total. The lowest BCUT2D eigenvalue weighted by Crippen LogP contribution is -2.53. The highest BCUT2D eigenvalue weighted by atomic mass is 16.5. The summed E-state index contributed by atoms with van der Waals surface area (Å²) < 4.78 is 5.64. The summed E-state index contributed by atoms with van der Waals surface area (Å²) in [6.07, 6.45) is 4.56. The van der Waals surface area contributed by atoms with Crippen molar-refractivity contribution in [1.29, 1.82) is 0 Å². The van der Waals surface area contributed by atoms with Crippen LogP contribution in [0.2, 0.25) is 0 Å². The van der Waals surface area contributed by atoms with Crippen LogP contribution in [-0.4, -0.2) is 47.7 Å². The van der Waals surface area contributed by atoms with E-state index >= 15 is 0 Å². The van der Waals surface area contributed by atoms with Gasteiger partial charge in [0.05, 0.1) is 17.7 Å². The Morgan fingerprint density at radius 3 is 2.76 bits per heavy atom. The normalized spacial score (nSPS) is 42.5. The van der Waals surface area contributed by atoms with Crippen LogP contribution in [0, 0.1) is 0 Å². The number of amides is 1. The van der Waals surface area contributed by atoms with Crippen LogP contribution in [0.4, 0.5) is 0 Å². The van der Waals surface area contributed by atoms with Gasteiger partial charge in [-0.3, -0.25) is 4.79 Å². The number of nitrogens with zero attached hydrogens (tertiary/aromatic N) is 1. The van der Waals surface area contributed by atoms with Crippen LogP contribution >= 0.6 is 0 Å². The number of hydrogen-bond donors (Lipinski definition) is 1. The van der Waals surface area contributed by atoms with Crippen molar-refractivity contribution in [1.82, 2.24) is 10.2 Å². The van der Waals surface area contributed by atoms with Crippen molar-refractivity contribution < 1.29 is 9.53 Å². The first-order valence-electron chi connectivity index (χ1n) is 6.80. The highest BCUT2D eigenvalue weighted by Crippen LogP contribution is 2.35. The fourth-order valence-electron chi connectivity index (χ4n) is 3.06. The van der Waals surface area contributed by atoms with Gasteiger partial charge in [0.15, 0.2) is 0 Å². The maximum Gasteiger partial charge on any atom is 0.240 e. The van der Waals surface area contributed by atoms with Crippen molar-refractivity contribution in [3.63, 3.8) is 0 Å². The second kappa shape index (κ2) is 3.95. The first kappa shape index (κ1) is 11.5. The van der Waals surface area contributed by atoms with E-state index in [1.807, 2.05) is 0 Å². The summed E-state index contributed by atoms with van der Waals surface area (Å²) in [5, 5.41) is 3.46. The Bertz CT molecular complexity index is 329. The van der Waals surface area contributed by atoms with E-state index in [4.69, 9.17) is 4.74 Å². The van der Waals surface area contributed by atoms with E-state index < -0.39 is 0 Å². The first-order chi connectivity index (χ1) is 8.11. The second-order valence-corrected chi connectivity index (χ2v) is 5.89. The van der Waals surface area contributed by atoms with Crippen molar-refractivity contribution in [2.75, 3.05) is 13.2 Å². The van der Waals surface area contributed by atoms with Gasteiger partial charge in [-0.25, -0.2) is 0 Å². The molecule has 3 fully saturated rings. The zero-order valence-corrected chi connectivity index (χ0v) is 10.7. The van der Waals surface area contributed by atoms with Crippen molar-refractivity contribution >= 4 is 5.91 Å². The van der Waals surface area contributed by atoms with E-state index in [-0.39, 0.29) is 23.6 Å². The van der Waals surface area contributed by atoms with Crippen molar-refractivity contribution in [2.45, 2.75) is 63.3 Å². The maximum atomic E-state index is 12.4. The number of hydrogen-bond acceptors (Lipinski definition) is 3. The van der Waals surface area contributed by atoms with Crippen LogP contribution in [0.15, 0.2) is 0 Å². The van der Waals surface area contributed by atoms with Crippen LogP contribution in [0.1, 0.15) is 39.5 Å². The predicted octanol–water partition coefficient (Wildman–Crippen LogP) is 0.907. The largest absolute Gasteiger partial charge is 0.376 e. The highest BCUT2D eigenvalue weighted by Gasteiger charge is 2.49. The molecule has 2 aliphatic heterocycles. The molecule has 3 rings (SSSR count). The van der Waals surface area contributed by atoms with Gasteiger partial charge in [-0.15, -0.1) is 0 Å². The lowest BCUT2D eigenvalue weighted by Gasteiger charge is -2.38. The van der Waals surface area contributed by atoms with Gasteiger partial charge in [0.1, 0.15) is 0 Å². The Labute approximate surface area is 103 Å². The molecule has 0 bridgehead atoms. The van der Waals surface area contributed by atoms with Crippen LogP contribution in [0.25, 0.3) is 0 Å². The molecule has 0 aromatic rings. The zero-order valence-electron chi connectivity index (χ0n) is 10.7. The molecule has 2 saturated heterocycles. The Kier molecular flexibility index (Phi) is 2.67. The summed E-state index contributed by atoms with van der Waals surface area (Å²) in [4.78, 5) is 14.5. The lowest BCUT2D eigenvalue weighted by atomic mass is 9.92. The summed E-state index contributed by atoms with van der Waals surface area (Å²) in [5.74, 6) is 0.289. The molecule has 4 heteroatoms. The summed E-state index contributed by atoms with van der Waals surface area (Å²) in [6, 6.07) is 0.668. The molecule has 1 amide bonds. The molecule has 3 atom stereocenters. The van der Waals surface area contributed by atoms with Crippen LogP contribution in [-0.2, 0) is 9.53 Å². The molecule has 0 aromatic heterocycles. The third-order valence-electron chi connectivity index (χ3n) is 4.69. The number of carbonyl (C=O) groups is 1. The molecular weight excluding hydrogens is 216 g/mol. The fraction of sp³-hybridized carbons (Fsp3) is 0.923. The highest BCUT2D eigenvalue weighted by molar-refractivity contribution is 5.85. The van der Waals surface area contributed by atoms with Gasteiger partial charge in [0.25, 0.3) is 0 Å². The number of rotatable bonds is 3. The third-order valence-corrected chi connectivity index (χ3v) is 4.69. The maximum absolute atomic E-state index is 12.4. The average Bonchev–Trinajstić information content (AvgIpc) is 2.95. The number of likely N-dealkylation sites (tertiary alicyclic amines) is 1. The first-order valence-corrected chi connectivity index (χ1v) is 6.80. The van der Waals surface area contributed by atoms with Crippen molar-refractivity contribution in [3.8, 4) is 0 Å². The molecule has 2 heterocycles. The van der Waals surface area contributed by atoms with Gasteiger partial charge in [0.2, 0.25) is 5.91 Å². The minimum Gasteiger partial charge on any atom is -0.376 e. The lowest BCUT2D eigenvalue weighted by molar-refractivity contribution is -0.136. The SMILES string of the molecule is CC1OCCC1(C)N1CCC(NC2CC2)C1=O. The zero-order chi connectivity index (χ0) is 12.0. The van der Waals surface area contributed by atoms with Crippen LogP contribution in [0.3, 0.4) is 0 Å². The molecule has 4 nitrogen and oxygen atoms in total. The minimum absolute atomic E-state index is 0.0622. The third kappa shape index (κ3) is 1.87. The molecule has 3 aliphatic rings. The van der Waals surface area contributed by atoms with Gasteiger partial charge in [-0.1, -0.05) is 0 Å². The molecular formula is C13H22N2O2. The number of nitrogens with one attached hydrogen (secondary N) is 1. The monoisotopic (exact) mass is 238 g/mol. The molecule has 0 aromatic carbocycles. The summed E-state index contributed by atoms with van der Waals surface area (Å²) in [7, 11) is 0. The van der Waals surface area contributed by atoms with E-state index in [0.717, 1.165) is 26.0 Å². The predicted molar refractivity (Wildman–Crippen MR) is 64.7 cm³/mol. The molecule has 1 aliphatic carbocycles. The molecule has 3 unspecified atom stereocenters. The number of ether oxygens (including phenoxy) is 1. The van der Waals surface area contributed by atoms with E-state index in [2.05, 4.69) is 24.1 Å². The summed E-state index contributed by atoms with van der Waals surface area (Å²) >= 11 is 0. The Hall–Kier alpha value is -0.610. The van der Waals surface area contributed by atoms with Gasteiger partial charge in [0, 0.05) is 19.2 Å². The molecule has 0 spiro atoms. The van der Waals surface area contributed by atoms with E-state index in [1.54, 1.807) is 0 Å². The van der Waals surface area contributed by atoms with Crippen molar-refractivity contribution in [2.24, 2.45) is 0 Å². The number of carbonyl (C=O) groups excluding carboxylic acids is 1. The van der Waals surface area contributed by atoms with E-state index in [0.29, 0.717) is 6.04 Å². The standard InChI is InChI=1S/C13H22N2O2/c1-9-13(2,6-8-17-9)15-7-5-11(12(15)16)14-10-3-4-10/h9-11,14H,3-8H2,1-2H3. The molecule has 0 radical (unpaired) electrons. The second-order valence-electron chi connectivity index (χ2n) is 5.89. The Morgan fingerprint density at radius 2 is 2.18 bits per heavy atom. The Balaban J connectivity index is 1.70. The van der Waals surface area contributed by atoms with Gasteiger partial charge in [-0.05, 0) is 39.5 Å². The van der Waals surface area contributed by atoms with Crippen LogP contribution < -0.4 is 5.32 Å². The quantitative estimate of drug-likeness (QED) is 0.794. The smallest absolute Gasteiger partial charge is 0.240 e. The van der Waals surface area contributed by atoms with E-state index in [9.17, 15) is 4.79 Å². The molecule has 17 heavy (non-hydrogen) atoms. The Morgan fingerprint density at radius 1 is 1.41 bits per heavy atom.